The molecule has 0 atom stereocenters. The summed E-state index contributed by atoms with van der Waals surface area (Å²) < 4.78 is 11.6. The zero-order valence-electron chi connectivity index (χ0n) is 16.2. The van der Waals surface area contributed by atoms with Gasteiger partial charge in [-0.05, 0) is 48.2 Å². The number of carbonyl (C=O) groups excluding carboxylic acids is 1. The molecule has 0 radical (unpaired) electrons. The second-order valence-corrected chi connectivity index (χ2v) is 8.91. The predicted octanol–water partition coefficient (Wildman–Crippen LogP) is 5.12. The van der Waals surface area contributed by atoms with E-state index in [2.05, 4.69) is 5.32 Å². The highest BCUT2D eigenvalue weighted by molar-refractivity contribution is 6.36. The summed E-state index contributed by atoms with van der Waals surface area (Å²) in [6.07, 6.45) is 2.32. The fourth-order valence-corrected chi connectivity index (χ4v) is 5.02. The first-order valence-corrected chi connectivity index (χ1v) is 10.8. The van der Waals surface area contributed by atoms with Crippen LogP contribution in [0.5, 0.6) is 0 Å². The minimum absolute atomic E-state index is 0.0514. The molecule has 5 nitrogen and oxygen atoms in total. The van der Waals surface area contributed by atoms with E-state index in [0.29, 0.717) is 54.5 Å². The summed E-state index contributed by atoms with van der Waals surface area (Å²) in [5, 5.41) is 15.3. The quantitative estimate of drug-likeness (QED) is 0.673. The van der Waals surface area contributed by atoms with Crippen LogP contribution in [-0.4, -0.2) is 35.6 Å². The second-order valence-electron chi connectivity index (χ2n) is 8.07. The predicted molar refractivity (Wildman–Crippen MR) is 115 cm³/mol. The van der Waals surface area contributed by atoms with Gasteiger partial charge in [-0.25, -0.2) is 0 Å². The number of hydrogen-bond acceptors (Lipinski definition) is 4. The second kappa shape index (κ2) is 7.27. The van der Waals surface area contributed by atoms with Gasteiger partial charge >= 0.3 is 0 Å². The van der Waals surface area contributed by atoms with E-state index in [1.165, 1.54) is 0 Å². The van der Waals surface area contributed by atoms with E-state index in [1.807, 2.05) is 36.4 Å². The highest BCUT2D eigenvalue weighted by atomic mass is 35.5. The number of aliphatic hydroxyl groups excluding tert-OH is 1. The summed E-state index contributed by atoms with van der Waals surface area (Å²) in [7, 11) is 0. The van der Waals surface area contributed by atoms with Gasteiger partial charge in [0.25, 0.3) is 5.91 Å². The van der Waals surface area contributed by atoms with Crippen LogP contribution in [0.25, 0.3) is 16.7 Å². The first kappa shape index (κ1) is 19.9. The van der Waals surface area contributed by atoms with Gasteiger partial charge in [0.05, 0.1) is 24.3 Å². The minimum atomic E-state index is -0.799. The molecule has 1 saturated heterocycles. The summed E-state index contributed by atoms with van der Waals surface area (Å²) in [5.74, 6) is -0.840. The summed E-state index contributed by atoms with van der Waals surface area (Å²) in [6.45, 7) is 1.17. The zero-order chi connectivity index (χ0) is 20.9. The van der Waals surface area contributed by atoms with Crippen molar-refractivity contribution in [3.05, 3.63) is 63.8 Å². The molecule has 30 heavy (non-hydrogen) atoms. The number of hydrogen-bond donors (Lipinski definition) is 2. The van der Waals surface area contributed by atoms with Gasteiger partial charge in [-0.2, -0.15) is 0 Å². The third kappa shape index (κ3) is 3.21. The first-order valence-electron chi connectivity index (χ1n) is 10.0. The number of halogens is 2. The molecule has 0 aromatic heterocycles. The molecule has 7 heteroatoms. The third-order valence-corrected chi connectivity index (χ3v) is 6.94. The van der Waals surface area contributed by atoms with E-state index in [1.54, 1.807) is 6.07 Å². The summed E-state index contributed by atoms with van der Waals surface area (Å²) in [6, 6.07) is 12.9. The van der Waals surface area contributed by atoms with Gasteiger partial charge in [0.15, 0.2) is 5.79 Å². The minimum Gasteiger partial charge on any atom is -0.509 e. The van der Waals surface area contributed by atoms with Gasteiger partial charge in [-0.3, -0.25) is 4.79 Å². The van der Waals surface area contributed by atoms with Crippen molar-refractivity contribution in [2.24, 2.45) is 0 Å². The number of benzene rings is 2. The highest BCUT2D eigenvalue weighted by Crippen LogP contribution is 2.47. The van der Waals surface area contributed by atoms with Crippen molar-refractivity contribution in [1.82, 2.24) is 5.32 Å². The Morgan fingerprint density at radius 1 is 0.900 bits per heavy atom. The van der Waals surface area contributed by atoms with Crippen molar-refractivity contribution in [3.8, 4) is 11.1 Å². The van der Waals surface area contributed by atoms with Crippen LogP contribution in [0.2, 0.25) is 10.0 Å². The van der Waals surface area contributed by atoms with Crippen molar-refractivity contribution < 1.29 is 19.4 Å². The van der Waals surface area contributed by atoms with Crippen LogP contribution in [0.4, 0.5) is 0 Å². The number of carbonyl (C=O) groups is 1. The largest absolute Gasteiger partial charge is 0.509 e. The zero-order valence-corrected chi connectivity index (χ0v) is 17.7. The summed E-state index contributed by atoms with van der Waals surface area (Å²) >= 11 is 12.5. The maximum absolute atomic E-state index is 12.9. The number of nitrogens with one attached hydrogen (secondary N) is 1. The normalized spacial score (nSPS) is 22.1. The van der Waals surface area contributed by atoms with Crippen LogP contribution in [0.3, 0.4) is 0 Å². The van der Waals surface area contributed by atoms with Crippen molar-refractivity contribution in [2.45, 2.75) is 37.0 Å². The molecule has 2 aromatic carbocycles. The van der Waals surface area contributed by atoms with Crippen LogP contribution in [0.15, 0.2) is 48.2 Å². The average Bonchev–Trinajstić information content (AvgIpc) is 3.29. The number of rotatable bonds is 2. The SMILES string of the molecule is O=C1NC2(CCC3(CC2)OCCO3)C(O)=C1c1cc(-c2ccc(Cl)cc2)ccc1Cl. The fourth-order valence-electron chi connectivity index (χ4n) is 4.68. The van der Waals surface area contributed by atoms with E-state index in [-0.39, 0.29) is 17.2 Å². The standard InChI is InChI=1S/C23H21Cl2NO4/c24-16-4-1-14(2-5-16)15-3-6-18(25)17(13-15)19-20(27)22(26-21(19)28)7-9-23(10-8-22)29-11-12-30-23/h1-6,13,27H,7-12H2,(H,26,28). The summed E-state index contributed by atoms with van der Waals surface area (Å²) in [4.78, 5) is 12.9. The van der Waals surface area contributed by atoms with Crippen LogP contribution in [0, 0.1) is 0 Å². The van der Waals surface area contributed by atoms with Crippen molar-refractivity contribution in [2.75, 3.05) is 13.2 Å². The molecule has 1 aliphatic carbocycles. The Hall–Kier alpha value is -2.05. The molecule has 156 valence electrons. The Morgan fingerprint density at radius 2 is 1.53 bits per heavy atom. The van der Waals surface area contributed by atoms with Crippen molar-refractivity contribution in [1.29, 1.82) is 0 Å². The molecule has 2 heterocycles. The van der Waals surface area contributed by atoms with Gasteiger partial charge < -0.3 is 19.9 Å². The molecule has 5 rings (SSSR count). The Bertz CT molecular complexity index is 1030. The number of ether oxygens (including phenoxy) is 2. The lowest BCUT2D eigenvalue weighted by Gasteiger charge is -2.41. The molecule has 2 fully saturated rings. The van der Waals surface area contributed by atoms with Crippen molar-refractivity contribution >= 4 is 34.7 Å². The third-order valence-electron chi connectivity index (χ3n) is 6.36. The Kier molecular flexibility index (Phi) is 4.82. The fraction of sp³-hybridized carbons (Fsp3) is 0.348. The number of amides is 1. The van der Waals surface area contributed by atoms with Gasteiger partial charge in [0, 0.05) is 28.5 Å². The van der Waals surface area contributed by atoms with E-state index < -0.39 is 11.3 Å². The van der Waals surface area contributed by atoms with Gasteiger partial charge in [0.2, 0.25) is 0 Å². The molecule has 3 aliphatic rings. The lowest BCUT2D eigenvalue weighted by molar-refractivity contribution is -0.185. The molecule has 0 unspecified atom stereocenters. The molecular weight excluding hydrogens is 425 g/mol. The monoisotopic (exact) mass is 445 g/mol. The van der Waals surface area contributed by atoms with Gasteiger partial charge in [-0.1, -0.05) is 41.4 Å². The molecule has 2 aliphatic heterocycles. The maximum Gasteiger partial charge on any atom is 0.256 e. The Labute approximate surface area is 184 Å². The molecule has 2 spiro atoms. The lowest BCUT2D eigenvalue weighted by atomic mass is 9.77. The van der Waals surface area contributed by atoms with Gasteiger partial charge in [-0.15, -0.1) is 0 Å². The molecule has 2 aromatic rings. The van der Waals surface area contributed by atoms with E-state index in [9.17, 15) is 9.90 Å². The molecular formula is C23H21Cl2NO4. The molecule has 2 N–H and O–H groups in total. The molecule has 1 saturated carbocycles. The van der Waals surface area contributed by atoms with Crippen LogP contribution in [0.1, 0.15) is 31.2 Å². The van der Waals surface area contributed by atoms with E-state index in [4.69, 9.17) is 32.7 Å². The van der Waals surface area contributed by atoms with E-state index >= 15 is 0 Å². The van der Waals surface area contributed by atoms with Gasteiger partial charge in [0.1, 0.15) is 5.76 Å². The van der Waals surface area contributed by atoms with Crippen LogP contribution < -0.4 is 5.32 Å². The van der Waals surface area contributed by atoms with Crippen molar-refractivity contribution in [3.63, 3.8) is 0 Å². The Balaban J connectivity index is 1.51. The molecule has 1 amide bonds. The Morgan fingerprint density at radius 3 is 2.20 bits per heavy atom. The highest BCUT2D eigenvalue weighted by Gasteiger charge is 2.53. The summed E-state index contributed by atoms with van der Waals surface area (Å²) in [5.41, 5.74) is 1.79. The van der Waals surface area contributed by atoms with E-state index in [0.717, 1.165) is 11.1 Å². The number of aliphatic hydroxyl groups is 1. The smallest absolute Gasteiger partial charge is 0.256 e. The molecule has 0 bridgehead atoms. The lowest BCUT2D eigenvalue weighted by Crippen LogP contribution is -2.51. The average molecular weight is 446 g/mol. The van der Waals surface area contributed by atoms with Crippen LogP contribution >= 0.6 is 23.2 Å². The topological polar surface area (TPSA) is 67.8 Å². The first-order chi connectivity index (χ1) is 14.4. The maximum atomic E-state index is 12.9. The van der Waals surface area contributed by atoms with Crippen LogP contribution in [-0.2, 0) is 14.3 Å².